The number of nitrogens with one attached hydrogen (secondary N) is 1. The Morgan fingerprint density at radius 3 is 2.34 bits per heavy atom. The van der Waals surface area contributed by atoms with Gasteiger partial charge in [0.2, 0.25) is 0 Å². The zero-order valence-electron chi connectivity index (χ0n) is 21.9. The summed E-state index contributed by atoms with van der Waals surface area (Å²) in [5, 5.41) is 12.4. The van der Waals surface area contributed by atoms with Gasteiger partial charge in [0.1, 0.15) is 11.6 Å². The molecule has 1 fully saturated rings. The number of benzene rings is 2. The fourth-order valence-corrected chi connectivity index (χ4v) is 4.72. The number of carbonyl (C=O) groups is 2. The number of aliphatic carboxylic acids is 1. The van der Waals surface area contributed by atoms with Crippen LogP contribution < -0.4 is 11.1 Å². The molecule has 2 aromatic rings. The maximum absolute atomic E-state index is 13.7. The van der Waals surface area contributed by atoms with E-state index < -0.39 is 17.6 Å². The Hall–Kier alpha value is -3.75. The van der Waals surface area contributed by atoms with Crippen LogP contribution in [0.25, 0.3) is 0 Å². The molecule has 1 atom stereocenters. The molecule has 0 spiro atoms. The molecule has 2 aromatic carbocycles. The van der Waals surface area contributed by atoms with Gasteiger partial charge in [-0.2, -0.15) is 0 Å². The summed E-state index contributed by atoms with van der Waals surface area (Å²) in [5.41, 5.74) is 9.28. The number of hydrogen-bond donors (Lipinski definition) is 3. The Balaban J connectivity index is 1.87. The molecule has 3 rings (SSSR count). The number of nitrogens with two attached hydrogens (primary N) is 1. The molecule has 0 aliphatic heterocycles. The van der Waals surface area contributed by atoms with E-state index in [0.717, 1.165) is 43.0 Å². The van der Waals surface area contributed by atoms with E-state index in [0.29, 0.717) is 17.7 Å². The Bertz CT molecular complexity index is 1150. The predicted molar refractivity (Wildman–Crippen MR) is 146 cm³/mol. The van der Waals surface area contributed by atoms with Crippen molar-refractivity contribution < 1.29 is 23.5 Å². The average molecular weight is 527 g/mol. The SMILES string of the molecule is CCC(N)=C(C=Nc1cc(F)cc(F)c1)C(Nc1ccc(C(=O)N(C)CCC(=O)O)cc1)C1CCCCC1. The van der Waals surface area contributed by atoms with Gasteiger partial charge in [-0.05, 0) is 61.6 Å². The molecule has 1 unspecified atom stereocenters. The molecule has 0 radical (unpaired) electrons. The number of aliphatic imine (C=N–C) groups is 1. The average Bonchev–Trinajstić information content (AvgIpc) is 2.90. The van der Waals surface area contributed by atoms with Gasteiger partial charge in [0.15, 0.2) is 0 Å². The normalized spacial score (nSPS) is 15.7. The van der Waals surface area contributed by atoms with Gasteiger partial charge in [-0.3, -0.25) is 14.6 Å². The molecule has 1 saturated carbocycles. The van der Waals surface area contributed by atoms with Gasteiger partial charge in [-0.15, -0.1) is 0 Å². The van der Waals surface area contributed by atoms with Crippen molar-refractivity contribution in [2.24, 2.45) is 16.6 Å². The first-order valence-corrected chi connectivity index (χ1v) is 13.0. The standard InChI is InChI=1S/C29H36F2N4O3/c1-3-26(32)25(18-33-24-16-21(30)15-22(31)17-24)28(19-7-5-4-6-8-19)34-23-11-9-20(10-12-23)29(38)35(2)14-13-27(36)37/h9-12,15-19,28,34H,3-8,13-14,32H2,1-2H3,(H,36,37). The van der Waals surface area contributed by atoms with Crippen molar-refractivity contribution in [3.8, 4) is 0 Å². The fourth-order valence-electron chi connectivity index (χ4n) is 4.72. The molecule has 0 heterocycles. The molecule has 0 bridgehead atoms. The lowest BCUT2D eigenvalue weighted by Crippen LogP contribution is -2.35. The molecule has 204 valence electrons. The van der Waals surface area contributed by atoms with Crippen LogP contribution in [0.3, 0.4) is 0 Å². The molecule has 1 aliphatic carbocycles. The van der Waals surface area contributed by atoms with Crippen molar-refractivity contribution >= 4 is 29.5 Å². The molecule has 9 heteroatoms. The van der Waals surface area contributed by atoms with Gasteiger partial charge in [-0.1, -0.05) is 26.2 Å². The Labute approximate surface area is 222 Å². The molecular formula is C29H36F2N4O3. The van der Waals surface area contributed by atoms with Crippen molar-refractivity contribution in [1.82, 2.24) is 4.90 Å². The van der Waals surface area contributed by atoms with Crippen LogP contribution in [0.1, 0.15) is 62.2 Å². The molecule has 1 aliphatic rings. The van der Waals surface area contributed by atoms with Crippen LogP contribution in [-0.4, -0.2) is 47.7 Å². The first-order valence-electron chi connectivity index (χ1n) is 13.0. The maximum Gasteiger partial charge on any atom is 0.305 e. The highest BCUT2D eigenvalue weighted by molar-refractivity contribution is 5.94. The summed E-state index contributed by atoms with van der Waals surface area (Å²) in [6.45, 7) is 2.07. The first kappa shape index (κ1) is 28.8. The molecule has 0 aromatic heterocycles. The lowest BCUT2D eigenvalue weighted by Gasteiger charge is -2.33. The number of anilines is 1. The number of amides is 1. The van der Waals surface area contributed by atoms with Gasteiger partial charge in [-0.25, -0.2) is 8.78 Å². The van der Waals surface area contributed by atoms with E-state index in [1.165, 1.54) is 23.5 Å². The number of nitrogens with zero attached hydrogens (tertiary/aromatic N) is 2. The van der Waals surface area contributed by atoms with E-state index in [4.69, 9.17) is 10.8 Å². The number of hydrogen-bond acceptors (Lipinski definition) is 5. The first-order chi connectivity index (χ1) is 18.2. The van der Waals surface area contributed by atoms with Crippen molar-refractivity contribution in [1.29, 1.82) is 0 Å². The number of rotatable bonds is 11. The minimum absolute atomic E-state index is 0.122. The van der Waals surface area contributed by atoms with E-state index >= 15 is 0 Å². The van der Waals surface area contributed by atoms with Crippen LogP contribution >= 0.6 is 0 Å². The minimum atomic E-state index is -0.959. The van der Waals surface area contributed by atoms with E-state index in [2.05, 4.69) is 10.3 Å². The summed E-state index contributed by atoms with van der Waals surface area (Å²) in [4.78, 5) is 29.2. The summed E-state index contributed by atoms with van der Waals surface area (Å²) >= 11 is 0. The molecule has 7 nitrogen and oxygen atoms in total. The van der Waals surface area contributed by atoms with Gasteiger partial charge in [0, 0.05) is 48.4 Å². The van der Waals surface area contributed by atoms with E-state index in [9.17, 15) is 18.4 Å². The largest absolute Gasteiger partial charge is 0.481 e. The molecule has 38 heavy (non-hydrogen) atoms. The summed E-state index contributed by atoms with van der Waals surface area (Å²) in [5.74, 6) is -2.33. The summed E-state index contributed by atoms with van der Waals surface area (Å²) in [6, 6.07) is 10.0. The number of halogens is 2. The third-order valence-corrected chi connectivity index (χ3v) is 6.87. The second-order valence-electron chi connectivity index (χ2n) is 9.69. The van der Waals surface area contributed by atoms with Crippen molar-refractivity contribution in [2.75, 3.05) is 18.9 Å². The lowest BCUT2D eigenvalue weighted by atomic mass is 9.80. The smallest absolute Gasteiger partial charge is 0.305 e. The van der Waals surface area contributed by atoms with Gasteiger partial charge >= 0.3 is 5.97 Å². The van der Waals surface area contributed by atoms with Crippen LogP contribution in [0, 0.1) is 17.6 Å². The monoisotopic (exact) mass is 526 g/mol. The lowest BCUT2D eigenvalue weighted by molar-refractivity contribution is -0.137. The number of carbonyl (C=O) groups excluding carboxylic acids is 1. The second-order valence-corrected chi connectivity index (χ2v) is 9.69. The zero-order chi connectivity index (χ0) is 27.7. The van der Waals surface area contributed by atoms with Crippen LogP contribution in [-0.2, 0) is 4.79 Å². The maximum atomic E-state index is 13.7. The third kappa shape index (κ3) is 8.13. The van der Waals surface area contributed by atoms with Crippen LogP contribution in [0.15, 0.2) is 58.7 Å². The van der Waals surface area contributed by atoms with Crippen LogP contribution in [0.4, 0.5) is 20.2 Å². The van der Waals surface area contributed by atoms with Gasteiger partial charge in [0.25, 0.3) is 5.91 Å². The van der Waals surface area contributed by atoms with Crippen molar-refractivity contribution in [3.05, 3.63) is 70.9 Å². The van der Waals surface area contributed by atoms with Crippen molar-refractivity contribution in [2.45, 2.75) is 57.9 Å². The highest BCUT2D eigenvalue weighted by atomic mass is 19.1. The predicted octanol–water partition coefficient (Wildman–Crippen LogP) is 5.90. The number of allylic oxidation sites excluding steroid dienone is 1. The van der Waals surface area contributed by atoms with Crippen molar-refractivity contribution in [3.63, 3.8) is 0 Å². The molecular weight excluding hydrogens is 490 g/mol. The zero-order valence-corrected chi connectivity index (χ0v) is 21.9. The second kappa shape index (κ2) is 13.7. The molecule has 0 saturated heterocycles. The third-order valence-electron chi connectivity index (χ3n) is 6.87. The quantitative estimate of drug-likeness (QED) is 0.316. The van der Waals surface area contributed by atoms with E-state index in [1.807, 2.05) is 19.1 Å². The van der Waals surface area contributed by atoms with Gasteiger partial charge < -0.3 is 21.1 Å². The number of carboxylic acids is 1. The van der Waals surface area contributed by atoms with Crippen LogP contribution in [0.2, 0.25) is 0 Å². The highest BCUT2D eigenvalue weighted by Crippen LogP contribution is 2.32. The fraction of sp³-hybridized carbons (Fsp3) is 0.414. The summed E-state index contributed by atoms with van der Waals surface area (Å²) in [6.07, 6.45) is 7.46. The molecule has 4 N–H and O–H groups in total. The summed E-state index contributed by atoms with van der Waals surface area (Å²) in [7, 11) is 1.57. The topological polar surface area (TPSA) is 108 Å². The van der Waals surface area contributed by atoms with Crippen LogP contribution in [0.5, 0.6) is 0 Å². The highest BCUT2D eigenvalue weighted by Gasteiger charge is 2.28. The van der Waals surface area contributed by atoms with E-state index in [-0.39, 0.29) is 36.5 Å². The Kier molecular flexibility index (Phi) is 10.4. The Morgan fingerprint density at radius 2 is 1.76 bits per heavy atom. The minimum Gasteiger partial charge on any atom is -0.481 e. The van der Waals surface area contributed by atoms with Gasteiger partial charge in [0.05, 0.1) is 18.2 Å². The summed E-state index contributed by atoms with van der Waals surface area (Å²) < 4.78 is 27.4. The Morgan fingerprint density at radius 1 is 1.13 bits per heavy atom. The number of carboxylic acid groups (broad SMARTS) is 1. The van der Waals surface area contributed by atoms with E-state index in [1.54, 1.807) is 25.4 Å². The molecule has 1 amide bonds.